The van der Waals surface area contributed by atoms with E-state index in [1.165, 1.54) is 5.39 Å². The Morgan fingerprint density at radius 3 is 2.87 bits per heavy atom. The number of anilines is 4. The van der Waals surface area contributed by atoms with Crippen LogP contribution in [0.5, 0.6) is 5.75 Å². The van der Waals surface area contributed by atoms with Gasteiger partial charge in [0, 0.05) is 46.8 Å². The van der Waals surface area contributed by atoms with Gasteiger partial charge in [-0.1, -0.05) is 6.07 Å². The van der Waals surface area contributed by atoms with E-state index in [0.717, 1.165) is 60.1 Å². The number of aryl methyl sites for hydroxylation is 1. The first-order valence-corrected chi connectivity index (χ1v) is 10.7. The Hall–Kier alpha value is -3.58. The zero-order valence-corrected chi connectivity index (χ0v) is 17.5. The number of rotatable bonds is 6. The highest BCUT2D eigenvalue weighted by atomic mass is 16.5. The molecule has 2 aromatic heterocycles. The summed E-state index contributed by atoms with van der Waals surface area (Å²) in [6.45, 7) is 4.02. The number of nitrogens with zero attached hydrogens (tertiary/aromatic N) is 2. The average molecular weight is 415 g/mol. The summed E-state index contributed by atoms with van der Waals surface area (Å²) < 4.78 is 6.12. The van der Waals surface area contributed by atoms with Crippen molar-refractivity contribution in [1.82, 2.24) is 20.3 Å². The second kappa shape index (κ2) is 8.65. The van der Waals surface area contributed by atoms with E-state index in [-0.39, 0.29) is 6.10 Å². The molecule has 1 aliphatic heterocycles. The summed E-state index contributed by atoms with van der Waals surface area (Å²) in [6, 6.07) is 18.1. The van der Waals surface area contributed by atoms with Crippen LogP contribution in [0, 0.1) is 6.92 Å². The number of H-pyrrole nitrogens is 1. The second-order valence-corrected chi connectivity index (χ2v) is 7.88. The molecule has 1 atom stereocenters. The molecule has 0 spiro atoms. The third-order valence-electron chi connectivity index (χ3n) is 5.33. The minimum atomic E-state index is 0.217. The van der Waals surface area contributed by atoms with Gasteiger partial charge in [0.15, 0.2) is 0 Å². The third kappa shape index (κ3) is 4.78. The smallest absolute Gasteiger partial charge is 0.229 e. The van der Waals surface area contributed by atoms with E-state index in [2.05, 4.69) is 56.0 Å². The molecule has 1 fully saturated rings. The van der Waals surface area contributed by atoms with Crippen LogP contribution in [0.2, 0.25) is 0 Å². The number of hydrogen-bond donors (Lipinski definition) is 4. The standard InChI is InChI=1S/C24H26N6O/c1-16-12-17-13-19(7-8-22(17)27-16)28-23-9-11-26-24(30-23)29-18-4-2-5-20(14-18)31-21-6-3-10-25-15-21/h2,4-5,7-9,11-14,21,25,27H,3,6,10,15H2,1H3,(H2,26,28,29,30). The molecule has 7 nitrogen and oxygen atoms in total. The van der Waals surface area contributed by atoms with Gasteiger partial charge in [0.25, 0.3) is 0 Å². The fourth-order valence-electron chi connectivity index (χ4n) is 3.88. The molecule has 2 aromatic carbocycles. The van der Waals surface area contributed by atoms with Crippen LogP contribution >= 0.6 is 0 Å². The molecule has 4 aromatic rings. The number of hydrogen-bond acceptors (Lipinski definition) is 6. The van der Waals surface area contributed by atoms with Crippen molar-refractivity contribution in [3.63, 3.8) is 0 Å². The molecule has 7 heteroatoms. The lowest BCUT2D eigenvalue weighted by Gasteiger charge is -2.24. The van der Waals surface area contributed by atoms with Crippen LogP contribution in [0.4, 0.5) is 23.1 Å². The molecule has 0 saturated carbocycles. The molecule has 1 aliphatic rings. The Morgan fingerprint density at radius 2 is 1.97 bits per heavy atom. The maximum Gasteiger partial charge on any atom is 0.229 e. The van der Waals surface area contributed by atoms with Gasteiger partial charge < -0.3 is 25.7 Å². The van der Waals surface area contributed by atoms with Crippen molar-refractivity contribution in [2.24, 2.45) is 0 Å². The average Bonchev–Trinajstić information content (AvgIpc) is 3.14. The molecule has 0 aliphatic carbocycles. The van der Waals surface area contributed by atoms with Crippen LogP contribution in [0.25, 0.3) is 10.9 Å². The molecule has 5 rings (SSSR count). The van der Waals surface area contributed by atoms with Crippen LogP contribution in [-0.2, 0) is 0 Å². The van der Waals surface area contributed by atoms with Gasteiger partial charge >= 0.3 is 0 Å². The predicted octanol–water partition coefficient (Wildman–Crippen LogP) is 4.88. The fraction of sp³-hybridized carbons (Fsp3) is 0.250. The maximum absolute atomic E-state index is 6.12. The van der Waals surface area contributed by atoms with E-state index < -0.39 is 0 Å². The van der Waals surface area contributed by atoms with Gasteiger partial charge in [-0.2, -0.15) is 4.98 Å². The number of piperidine rings is 1. The first-order chi connectivity index (χ1) is 15.2. The molecule has 0 radical (unpaired) electrons. The second-order valence-electron chi connectivity index (χ2n) is 7.88. The number of nitrogens with one attached hydrogen (secondary N) is 4. The quantitative estimate of drug-likeness (QED) is 0.360. The molecular weight excluding hydrogens is 388 g/mol. The van der Waals surface area contributed by atoms with Crippen LogP contribution in [0.3, 0.4) is 0 Å². The molecule has 0 amide bonds. The number of fused-ring (bicyclic) bond motifs is 1. The summed E-state index contributed by atoms with van der Waals surface area (Å²) in [5.74, 6) is 2.10. The fourth-order valence-corrected chi connectivity index (χ4v) is 3.88. The molecule has 3 heterocycles. The summed E-state index contributed by atoms with van der Waals surface area (Å²) >= 11 is 0. The SMILES string of the molecule is Cc1cc2cc(Nc3ccnc(Nc4cccc(OC5CCCNC5)c4)n3)ccc2[nH]1. The highest BCUT2D eigenvalue weighted by Crippen LogP contribution is 2.24. The van der Waals surface area contributed by atoms with Crippen molar-refractivity contribution in [3.8, 4) is 5.75 Å². The lowest BCUT2D eigenvalue weighted by molar-refractivity contribution is 0.167. The predicted molar refractivity (Wildman–Crippen MR) is 125 cm³/mol. The largest absolute Gasteiger partial charge is 0.489 e. The van der Waals surface area contributed by atoms with Gasteiger partial charge in [0.05, 0.1) is 0 Å². The zero-order valence-electron chi connectivity index (χ0n) is 17.5. The molecular formula is C24H26N6O. The number of aromatic nitrogens is 3. The van der Waals surface area contributed by atoms with Crippen molar-refractivity contribution in [2.75, 3.05) is 23.7 Å². The minimum absolute atomic E-state index is 0.217. The van der Waals surface area contributed by atoms with Gasteiger partial charge in [0.1, 0.15) is 17.7 Å². The zero-order chi connectivity index (χ0) is 21.0. The first kappa shape index (κ1) is 19.4. The lowest BCUT2D eigenvalue weighted by atomic mass is 10.1. The summed E-state index contributed by atoms with van der Waals surface area (Å²) in [6.07, 6.45) is 4.18. The van der Waals surface area contributed by atoms with Gasteiger partial charge in [-0.05, 0) is 68.8 Å². The molecule has 4 N–H and O–H groups in total. The van der Waals surface area contributed by atoms with Gasteiger partial charge in [0.2, 0.25) is 5.95 Å². The summed E-state index contributed by atoms with van der Waals surface area (Å²) in [5, 5.41) is 11.2. The summed E-state index contributed by atoms with van der Waals surface area (Å²) in [7, 11) is 0. The van der Waals surface area contributed by atoms with Crippen molar-refractivity contribution in [3.05, 3.63) is 66.5 Å². The Balaban J connectivity index is 1.28. The normalized spacial score (nSPS) is 16.2. The topological polar surface area (TPSA) is 86.9 Å². The van der Waals surface area contributed by atoms with E-state index in [9.17, 15) is 0 Å². The van der Waals surface area contributed by atoms with Crippen molar-refractivity contribution < 1.29 is 4.74 Å². The third-order valence-corrected chi connectivity index (χ3v) is 5.33. The molecule has 1 saturated heterocycles. The molecule has 0 bridgehead atoms. The van der Waals surface area contributed by atoms with E-state index >= 15 is 0 Å². The number of aromatic amines is 1. The van der Waals surface area contributed by atoms with Gasteiger partial charge in [-0.15, -0.1) is 0 Å². The highest BCUT2D eigenvalue weighted by molar-refractivity contribution is 5.84. The van der Waals surface area contributed by atoms with Gasteiger partial charge in [-0.3, -0.25) is 0 Å². The van der Waals surface area contributed by atoms with Crippen LogP contribution in [0.1, 0.15) is 18.5 Å². The minimum Gasteiger partial charge on any atom is -0.489 e. The summed E-state index contributed by atoms with van der Waals surface area (Å²) in [4.78, 5) is 12.3. The lowest BCUT2D eigenvalue weighted by Crippen LogP contribution is -2.37. The monoisotopic (exact) mass is 414 g/mol. The Morgan fingerprint density at radius 1 is 1.03 bits per heavy atom. The highest BCUT2D eigenvalue weighted by Gasteiger charge is 2.14. The number of ether oxygens (including phenoxy) is 1. The van der Waals surface area contributed by atoms with E-state index in [0.29, 0.717) is 5.95 Å². The first-order valence-electron chi connectivity index (χ1n) is 10.7. The molecule has 31 heavy (non-hydrogen) atoms. The Kier molecular flexibility index (Phi) is 5.41. The van der Waals surface area contributed by atoms with E-state index in [1.54, 1.807) is 6.20 Å². The van der Waals surface area contributed by atoms with Crippen LogP contribution in [-0.4, -0.2) is 34.1 Å². The van der Waals surface area contributed by atoms with E-state index in [4.69, 9.17) is 4.74 Å². The maximum atomic E-state index is 6.12. The van der Waals surface area contributed by atoms with Gasteiger partial charge in [-0.25, -0.2) is 4.98 Å². The summed E-state index contributed by atoms with van der Waals surface area (Å²) in [5.41, 5.74) is 4.14. The van der Waals surface area contributed by atoms with Crippen LogP contribution in [0.15, 0.2) is 60.8 Å². The van der Waals surface area contributed by atoms with Crippen molar-refractivity contribution in [2.45, 2.75) is 25.9 Å². The Bertz CT molecular complexity index is 1180. The number of benzene rings is 2. The molecule has 1 unspecified atom stereocenters. The van der Waals surface area contributed by atoms with Crippen molar-refractivity contribution >= 4 is 34.0 Å². The van der Waals surface area contributed by atoms with Crippen molar-refractivity contribution in [1.29, 1.82) is 0 Å². The molecule has 158 valence electrons. The Labute approximate surface area is 181 Å². The van der Waals surface area contributed by atoms with Crippen LogP contribution < -0.4 is 20.7 Å². The van der Waals surface area contributed by atoms with E-state index in [1.807, 2.05) is 36.4 Å².